The second-order valence-corrected chi connectivity index (χ2v) is 6.27. The van der Waals surface area contributed by atoms with Crippen LogP contribution in [-0.2, 0) is 17.7 Å². The van der Waals surface area contributed by atoms with Crippen LogP contribution >= 0.6 is 11.3 Å². The van der Waals surface area contributed by atoms with Gasteiger partial charge in [0.1, 0.15) is 11.3 Å². The fraction of sp³-hybridized carbons (Fsp3) is 0.533. The molecule has 1 aliphatic rings. The van der Waals surface area contributed by atoms with Gasteiger partial charge in [-0.05, 0) is 33.1 Å². The molecule has 7 heteroatoms. The molecule has 0 aromatic carbocycles. The van der Waals surface area contributed by atoms with Gasteiger partial charge in [0.2, 0.25) is 5.01 Å². The molecule has 0 fully saturated rings. The molecule has 2 aromatic rings. The number of nitrogens with zero attached hydrogens (tertiary/aromatic N) is 3. The Morgan fingerprint density at radius 3 is 3.09 bits per heavy atom. The normalized spacial score (nSPS) is 14.5. The summed E-state index contributed by atoms with van der Waals surface area (Å²) in [5.74, 6) is -0.332. The summed E-state index contributed by atoms with van der Waals surface area (Å²) in [6.07, 6.45) is 4.79. The molecule has 6 nitrogen and oxygen atoms in total. The molecular formula is C15H19N3O3S. The fourth-order valence-electron chi connectivity index (χ4n) is 2.55. The molecule has 0 aliphatic carbocycles. The predicted octanol–water partition coefficient (Wildman–Crippen LogP) is 2.96. The van der Waals surface area contributed by atoms with Crippen molar-refractivity contribution in [2.24, 2.45) is 0 Å². The van der Waals surface area contributed by atoms with Crippen LogP contribution in [0.3, 0.4) is 0 Å². The molecule has 0 bridgehead atoms. The quantitative estimate of drug-likeness (QED) is 0.807. The van der Waals surface area contributed by atoms with E-state index in [2.05, 4.69) is 15.0 Å². The van der Waals surface area contributed by atoms with Crippen molar-refractivity contribution in [3.05, 3.63) is 28.2 Å². The highest BCUT2D eigenvalue weighted by Crippen LogP contribution is 2.34. The van der Waals surface area contributed by atoms with Gasteiger partial charge >= 0.3 is 5.97 Å². The SMILES string of the molecule is CCOC(=O)c1nc2c(s1)N(Cc1conc1C)CCCC2. The summed E-state index contributed by atoms with van der Waals surface area (Å²) in [6, 6.07) is 0. The Morgan fingerprint density at radius 1 is 1.50 bits per heavy atom. The number of hydrogen-bond acceptors (Lipinski definition) is 7. The summed E-state index contributed by atoms with van der Waals surface area (Å²) in [5.41, 5.74) is 2.97. The molecule has 0 radical (unpaired) electrons. The van der Waals surface area contributed by atoms with Crippen molar-refractivity contribution < 1.29 is 14.1 Å². The summed E-state index contributed by atoms with van der Waals surface area (Å²) >= 11 is 1.42. The first kappa shape index (κ1) is 15.0. The minimum absolute atomic E-state index is 0.332. The average Bonchev–Trinajstić information content (AvgIpc) is 3.05. The first-order valence-corrected chi connectivity index (χ1v) is 8.32. The van der Waals surface area contributed by atoms with Crippen molar-refractivity contribution in [3.8, 4) is 0 Å². The van der Waals surface area contributed by atoms with Gasteiger partial charge in [-0.2, -0.15) is 0 Å². The molecule has 3 heterocycles. The van der Waals surface area contributed by atoms with Gasteiger partial charge in [0, 0.05) is 18.7 Å². The Kier molecular flexibility index (Phi) is 4.42. The largest absolute Gasteiger partial charge is 0.461 e. The van der Waals surface area contributed by atoms with Gasteiger partial charge in [0.15, 0.2) is 0 Å². The van der Waals surface area contributed by atoms with E-state index < -0.39 is 0 Å². The average molecular weight is 321 g/mol. The van der Waals surface area contributed by atoms with Crippen LogP contribution in [0.15, 0.2) is 10.8 Å². The fourth-order valence-corrected chi connectivity index (χ4v) is 3.58. The lowest BCUT2D eigenvalue weighted by Crippen LogP contribution is -2.22. The lowest BCUT2D eigenvalue weighted by molar-refractivity contribution is 0.0525. The van der Waals surface area contributed by atoms with Gasteiger partial charge in [-0.1, -0.05) is 16.5 Å². The minimum Gasteiger partial charge on any atom is -0.461 e. The number of rotatable bonds is 4. The number of aryl methyl sites for hydroxylation is 2. The number of aromatic nitrogens is 2. The first-order chi connectivity index (χ1) is 10.7. The van der Waals surface area contributed by atoms with Crippen molar-refractivity contribution in [2.45, 2.75) is 39.7 Å². The summed E-state index contributed by atoms with van der Waals surface area (Å²) in [7, 11) is 0. The highest BCUT2D eigenvalue weighted by atomic mass is 32.1. The van der Waals surface area contributed by atoms with E-state index in [0.29, 0.717) is 11.6 Å². The first-order valence-electron chi connectivity index (χ1n) is 7.50. The molecule has 0 amide bonds. The third-order valence-electron chi connectivity index (χ3n) is 3.72. The number of carbonyl (C=O) groups excluding carboxylic acids is 1. The van der Waals surface area contributed by atoms with Gasteiger partial charge in [-0.25, -0.2) is 9.78 Å². The smallest absolute Gasteiger partial charge is 0.367 e. The van der Waals surface area contributed by atoms with Crippen LogP contribution in [0.25, 0.3) is 0 Å². The third-order valence-corrected chi connectivity index (χ3v) is 4.85. The molecule has 0 N–H and O–H groups in total. The third kappa shape index (κ3) is 2.99. The number of fused-ring (bicyclic) bond motifs is 1. The van der Waals surface area contributed by atoms with Gasteiger partial charge in [0.25, 0.3) is 0 Å². The maximum atomic E-state index is 11.9. The highest BCUT2D eigenvalue weighted by molar-refractivity contribution is 7.17. The Hall–Kier alpha value is -1.89. The highest BCUT2D eigenvalue weighted by Gasteiger charge is 2.24. The Morgan fingerprint density at radius 2 is 2.36 bits per heavy atom. The molecule has 0 unspecified atom stereocenters. The summed E-state index contributed by atoms with van der Waals surface area (Å²) < 4.78 is 10.1. The lowest BCUT2D eigenvalue weighted by atomic mass is 10.2. The van der Waals surface area contributed by atoms with E-state index in [1.807, 2.05) is 6.92 Å². The molecule has 118 valence electrons. The Labute approximate surface area is 133 Å². The molecule has 3 rings (SSSR count). The van der Waals surface area contributed by atoms with E-state index in [1.54, 1.807) is 13.2 Å². The van der Waals surface area contributed by atoms with Gasteiger partial charge in [0.05, 0.1) is 18.0 Å². The predicted molar refractivity (Wildman–Crippen MR) is 83.3 cm³/mol. The van der Waals surface area contributed by atoms with Crippen molar-refractivity contribution in [1.82, 2.24) is 10.1 Å². The van der Waals surface area contributed by atoms with Crippen molar-refractivity contribution in [3.63, 3.8) is 0 Å². The molecule has 2 aromatic heterocycles. The monoisotopic (exact) mass is 321 g/mol. The van der Waals surface area contributed by atoms with Gasteiger partial charge in [-0.3, -0.25) is 0 Å². The topological polar surface area (TPSA) is 68.5 Å². The van der Waals surface area contributed by atoms with Crippen LogP contribution in [0.5, 0.6) is 0 Å². The van der Waals surface area contributed by atoms with E-state index >= 15 is 0 Å². The van der Waals surface area contributed by atoms with Crippen LogP contribution < -0.4 is 4.90 Å². The minimum atomic E-state index is -0.332. The Bertz CT molecular complexity index is 665. The number of ether oxygens (including phenoxy) is 1. The number of anilines is 1. The van der Waals surface area contributed by atoms with Crippen LogP contribution in [0.4, 0.5) is 5.00 Å². The van der Waals surface area contributed by atoms with Crippen molar-refractivity contribution in [1.29, 1.82) is 0 Å². The summed E-state index contributed by atoms with van der Waals surface area (Å²) in [6.45, 7) is 5.78. The van der Waals surface area contributed by atoms with Gasteiger partial charge in [-0.15, -0.1) is 0 Å². The van der Waals surface area contributed by atoms with E-state index in [-0.39, 0.29) is 5.97 Å². The number of thiazole rings is 1. The molecule has 0 spiro atoms. The van der Waals surface area contributed by atoms with Gasteiger partial charge < -0.3 is 14.2 Å². The molecule has 22 heavy (non-hydrogen) atoms. The molecule has 0 saturated carbocycles. The van der Waals surface area contributed by atoms with Crippen LogP contribution in [-0.4, -0.2) is 29.3 Å². The summed E-state index contributed by atoms with van der Waals surface area (Å²) in [5, 5.41) is 5.45. The number of esters is 1. The maximum Gasteiger partial charge on any atom is 0.367 e. The van der Waals surface area contributed by atoms with E-state index in [0.717, 1.165) is 54.3 Å². The van der Waals surface area contributed by atoms with Crippen LogP contribution in [0, 0.1) is 6.92 Å². The molecule has 0 atom stereocenters. The zero-order valence-electron chi connectivity index (χ0n) is 12.8. The maximum absolute atomic E-state index is 11.9. The standard InChI is InChI=1S/C15H19N3O3S/c1-3-20-15(19)13-16-12-6-4-5-7-18(14(12)22-13)8-11-9-21-17-10(11)2/h9H,3-8H2,1-2H3. The van der Waals surface area contributed by atoms with Crippen molar-refractivity contribution >= 4 is 22.3 Å². The molecule has 0 saturated heterocycles. The van der Waals surface area contributed by atoms with Crippen LogP contribution in [0.1, 0.15) is 46.5 Å². The zero-order chi connectivity index (χ0) is 15.5. The van der Waals surface area contributed by atoms with E-state index in [9.17, 15) is 4.79 Å². The second kappa shape index (κ2) is 6.48. The summed E-state index contributed by atoms with van der Waals surface area (Å²) in [4.78, 5) is 18.7. The van der Waals surface area contributed by atoms with Crippen LogP contribution in [0.2, 0.25) is 0 Å². The van der Waals surface area contributed by atoms with E-state index in [4.69, 9.17) is 9.26 Å². The lowest BCUT2D eigenvalue weighted by Gasteiger charge is -2.21. The number of hydrogen-bond donors (Lipinski definition) is 0. The molecule has 1 aliphatic heterocycles. The molecular weight excluding hydrogens is 302 g/mol. The van der Waals surface area contributed by atoms with Crippen molar-refractivity contribution in [2.75, 3.05) is 18.1 Å². The van der Waals surface area contributed by atoms with E-state index in [1.165, 1.54) is 11.3 Å². The second-order valence-electron chi connectivity index (χ2n) is 5.30. The number of carbonyl (C=O) groups is 1. The zero-order valence-corrected chi connectivity index (χ0v) is 13.6. The Balaban J connectivity index is 1.87.